The number of thioether (sulfide) groups is 1. The van der Waals surface area contributed by atoms with Gasteiger partial charge in [0.25, 0.3) is 0 Å². The number of esters is 1. The highest BCUT2D eigenvalue weighted by molar-refractivity contribution is 8.14. The molecule has 0 aromatic heterocycles. The molecule has 192 valence electrons. The Morgan fingerprint density at radius 1 is 1.26 bits per heavy atom. The minimum Gasteiger partial charge on any atom is -0.481 e. The maximum absolute atomic E-state index is 17.3. The molecule has 4 aliphatic carbocycles. The Bertz CT molecular complexity index is 1030. The summed E-state index contributed by atoms with van der Waals surface area (Å²) in [6, 6.07) is 0. The fourth-order valence-corrected chi connectivity index (χ4v) is 8.06. The zero-order chi connectivity index (χ0) is 25.9. The molecule has 0 saturated heterocycles. The van der Waals surface area contributed by atoms with E-state index in [0.29, 0.717) is 11.8 Å². The lowest BCUT2D eigenvalue weighted by Gasteiger charge is -2.62. The number of hydrogen-bond donors (Lipinski definition) is 2. The van der Waals surface area contributed by atoms with Gasteiger partial charge in [-0.15, -0.1) is 0 Å². The highest BCUT2D eigenvalue weighted by Crippen LogP contribution is 2.70. The molecule has 0 amide bonds. The number of aliphatic carboxylic acids is 1. The monoisotopic (exact) mass is 512 g/mol. The molecule has 0 heterocycles. The van der Waals surface area contributed by atoms with Crippen molar-refractivity contribution in [3.05, 3.63) is 23.8 Å². The summed E-state index contributed by atoms with van der Waals surface area (Å²) in [7, 11) is 0. The van der Waals surface area contributed by atoms with Gasteiger partial charge in [0.15, 0.2) is 16.6 Å². The minimum absolute atomic E-state index is 0.0260. The number of alkyl halides is 2. The predicted molar refractivity (Wildman–Crippen MR) is 123 cm³/mol. The number of ether oxygens (including phenoxy) is 1. The summed E-state index contributed by atoms with van der Waals surface area (Å²) < 4.78 is 38.5. The van der Waals surface area contributed by atoms with Gasteiger partial charge in [-0.3, -0.25) is 19.2 Å². The van der Waals surface area contributed by atoms with Crippen LogP contribution < -0.4 is 0 Å². The van der Waals surface area contributed by atoms with Crippen molar-refractivity contribution in [3.63, 3.8) is 0 Å². The van der Waals surface area contributed by atoms with Crippen molar-refractivity contribution in [1.82, 2.24) is 0 Å². The highest BCUT2D eigenvalue weighted by atomic mass is 32.2. The summed E-state index contributed by atoms with van der Waals surface area (Å²) in [5, 5.41) is 19.9. The van der Waals surface area contributed by atoms with Crippen molar-refractivity contribution in [2.24, 2.45) is 28.6 Å². The van der Waals surface area contributed by atoms with Gasteiger partial charge in [-0.1, -0.05) is 31.7 Å². The maximum atomic E-state index is 17.3. The number of carboxylic acid groups (broad SMARTS) is 1. The van der Waals surface area contributed by atoms with Gasteiger partial charge in [0, 0.05) is 17.8 Å². The van der Waals surface area contributed by atoms with Crippen molar-refractivity contribution in [3.8, 4) is 0 Å². The second-order valence-corrected chi connectivity index (χ2v) is 11.4. The first-order valence-electron chi connectivity index (χ1n) is 11.9. The zero-order valence-corrected chi connectivity index (χ0v) is 20.6. The van der Waals surface area contributed by atoms with E-state index in [1.165, 1.54) is 19.1 Å². The van der Waals surface area contributed by atoms with Crippen LogP contribution in [0.15, 0.2) is 23.8 Å². The molecule has 0 bridgehead atoms. The second kappa shape index (κ2) is 8.80. The van der Waals surface area contributed by atoms with Gasteiger partial charge in [0.05, 0.1) is 17.3 Å². The van der Waals surface area contributed by atoms with Crippen LogP contribution in [0, 0.1) is 28.6 Å². The van der Waals surface area contributed by atoms with E-state index in [2.05, 4.69) is 0 Å². The van der Waals surface area contributed by atoms with E-state index in [0.717, 1.165) is 6.08 Å². The average Bonchev–Trinajstić information content (AvgIpc) is 3.07. The molecule has 4 rings (SSSR count). The molecule has 0 aromatic carbocycles. The number of allylic oxidation sites excluding steroid dienone is 4. The predicted octanol–water partition coefficient (Wildman–Crippen LogP) is 3.20. The Hall–Kier alpha value is -2.07. The van der Waals surface area contributed by atoms with E-state index in [4.69, 9.17) is 9.84 Å². The van der Waals surface area contributed by atoms with E-state index in [1.807, 2.05) is 0 Å². The van der Waals surface area contributed by atoms with Crippen molar-refractivity contribution in [2.45, 2.75) is 70.5 Å². The van der Waals surface area contributed by atoms with Gasteiger partial charge in [-0.05, 0) is 55.7 Å². The zero-order valence-electron chi connectivity index (χ0n) is 19.8. The lowest BCUT2D eigenvalue weighted by Crippen LogP contribution is -2.70. The van der Waals surface area contributed by atoms with Crippen LogP contribution in [0.4, 0.5) is 8.78 Å². The van der Waals surface area contributed by atoms with Gasteiger partial charge in [-0.25, -0.2) is 8.78 Å². The van der Waals surface area contributed by atoms with Crippen LogP contribution in [0.25, 0.3) is 0 Å². The van der Waals surface area contributed by atoms with Crippen molar-refractivity contribution in [1.29, 1.82) is 0 Å². The van der Waals surface area contributed by atoms with Crippen molar-refractivity contribution >= 4 is 34.6 Å². The number of aliphatic hydroxyl groups excluding tert-OH is 1. The van der Waals surface area contributed by atoms with Crippen LogP contribution >= 0.6 is 11.8 Å². The summed E-state index contributed by atoms with van der Waals surface area (Å²) in [4.78, 5) is 49.1. The fourth-order valence-electron chi connectivity index (χ4n) is 7.19. The molecule has 10 heteroatoms. The van der Waals surface area contributed by atoms with E-state index in [-0.39, 0.29) is 24.8 Å². The standard InChI is InChI=1S/C25H30F2O7S/c1-4-20(32)34-21-12(2)7-14-15-9-17(26)16-8-13(28)5-6-23(16,3)25(15,27)18(29)10-24(14,21)22(33)35-11-19(30)31/h5-6,8,12,14-15,17-18,21,29H,4,7,9-11H2,1-3H3,(H,30,31)/t12-,14?,15?,17+,18+,21-,23+,24-,25+/m1/s1. The number of hydrogen-bond acceptors (Lipinski definition) is 7. The highest BCUT2D eigenvalue weighted by Gasteiger charge is 2.76. The molecular weight excluding hydrogens is 482 g/mol. The van der Waals surface area contributed by atoms with E-state index in [1.54, 1.807) is 13.8 Å². The molecule has 2 N–H and O–H groups in total. The topological polar surface area (TPSA) is 118 Å². The van der Waals surface area contributed by atoms with E-state index in [9.17, 15) is 24.3 Å². The first-order valence-corrected chi connectivity index (χ1v) is 12.9. The Morgan fingerprint density at radius 3 is 2.57 bits per heavy atom. The van der Waals surface area contributed by atoms with Crippen LogP contribution in [0.2, 0.25) is 0 Å². The molecule has 2 unspecified atom stereocenters. The smallest absolute Gasteiger partial charge is 0.313 e. The first kappa shape index (κ1) is 26.0. The molecule has 7 nitrogen and oxygen atoms in total. The number of halogens is 2. The van der Waals surface area contributed by atoms with Gasteiger partial charge in [-0.2, -0.15) is 0 Å². The van der Waals surface area contributed by atoms with Crippen LogP contribution in [0.3, 0.4) is 0 Å². The fraction of sp³-hybridized carbons (Fsp3) is 0.680. The number of ketones is 1. The number of carbonyl (C=O) groups excluding carboxylic acids is 3. The molecule has 0 aliphatic heterocycles. The SMILES string of the molecule is CCC(=O)O[C@@H]1[C@H](C)CC2C3C[C@H](F)C4=CC(=O)C=C[C@]4(C)[C@@]3(F)[C@@H](O)C[C@@]21C(=O)SCC(=O)O. The van der Waals surface area contributed by atoms with Crippen molar-refractivity contribution in [2.75, 3.05) is 5.75 Å². The van der Waals surface area contributed by atoms with Gasteiger partial charge < -0.3 is 14.9 Å². The molecule has 0 aromatic rings. The Balaban J connectivity index is 1.85. The normalized spacial score (nSPS) is 44.1. The summed E-state index contributed by atoms with van der Waals surface area (Å²) >= 11 is 0.535. The summed E-state index contributed by atoms with van der Waals surface area (Å²) in [6.45, 7) is 4.82. The lowest BCUT2D eigenvalue weighted by atomic mass is 9.45. The van der Waals surface area contributed by atoms with Crippen LogP contribution in [0.1, 0.15) is 46.5 Å². The number of fused-ring (bicyclic) bond motifs is 5. The molecular formula is C25H30F2O7S. The number of carbonyl (C=O) groups is 4. The minimum atomic E-state index is -2.38. The maximum Gasteiger partial charge on any atom is 0.313 e. The van der Waals surface area contributed by atoms with Gasteiger partial charge >= 0.3 is 11.9 Å². The molecule has 9 atom stereocenters. The van der Waals surface area contributed by atoms with E-state index < -0.39 is 87.6 Å². The van der Waals surface area contributed by atoms with Crippen LogP contribution in [-0.4, -0.2) is 62.9 Å². The van der Waals surface area contributed by atoms with Crippen LogP contribution in [0.5, 0.6) is 0 Å². The summed E-state index contributed by atoms with van der Waals surface area (Å²) in [6.07, 6.45) is -1.30. The number of carboxylic acids is 1. The largest absolute Gasteiger partial charge is 0.481 e. The molecule has 0 spiro atoms. The Morgan fingerprint density at radius 2 is 1.94 bits per heavy atom. The average molecular weight is 513 g/mol. The lowest BCUT2D eigenvalue weighted by molar-refractivity contribution is -0.212. The van der Waals surface area contributed by atoms with Gasteiger partial charge in [0.1, 0.15) is 12.3 Å². The molecule has 0 radical (unpaired) electrons. The quantitative estimate of drug-likeness (QED) is 0.540. The van der Waals surface area contributed by atoms with Crippen LogP contribution in [-0.2, 0) is 23.9 Å². The molecule has 3 fully saturated rings. The molecule has 35 heavy (non-hydrogen) atoms. The third-order valence-electron chi connectivity index (χ3n) is 8.68. The van der Waals surface area contributed by atoms with E-state index >= 15 is 8.78 Å². The third kappa shape index (κ3) is 3.62. The molecule has 3 saturated carbocycles. The summed E-state index contributed by atoms with van der Waals surface area (Å²) in [5.74, 6) is -5.10. The molecule has 4 aliphatic rings. The van der Waals surface area contributed by atoms with Crippen molar-refractivity contribution < 1.29 is 42.9 Å². The first-order chi connectivity index (χ1) is 16.3. The second-order valence-electron chi connectivity index (χ2n) is 10.4. The summed E-state index contributed by atoms with van der Waals surface area (Å²) in [5.41, 5.74) is -5.57. The number of aliphatic hydroxyl groups is 1. The Labute approximate surface area is 206 Å². The Kier molecular flexibility index (Phi) is 6.54. The van der Waals surface area contributed by atoms with Gasteiger partial charge in [0.2, 0.25) is 0 Å². The third-order valence-corrected chi connectivity index (χ3v) is 9.71. The number of rotatable bonds is 5.